The first-order valence-corrected chi connectivity index (χ1v) is 10.8. The van der Waals surface area contributed by atoms with Gasteiger partial charge in [-0.15, -0.1) is 0 Å². The van der Waals surface area contributed by atoms with E-state index in [1.807, 2.05) is 6.07 Å². The average molecular weight is 505 g/mol. The third-order valence-electron chi connectivity index (χ3n) is 3.46. The Hall–Kier alpha value is 0.530. The standard InChI is InChI=1S/C13H17Br3N2O2S/c14-4-7-17-5-1-6-18(9-8-17)21(19,20)13-10-11(15)2-3-12(13)16/h2-3,10H,1,4-9H2. The van der Waals surface area contributed by atoms with Crippen molar-refractivity contribution in [2.24, 2.45) is 0 Å². The molecule has 1 aromatic rings. The molecule has 0 saturated carbocycles. The molecule has 0 bridgehead atoms. The third-order valence-corrected chi connectivity index (χ3v) is 7.20. The number of halogens is 3. The van der Waals surface area contributed by atoms with E-state index in [1.165, 1.54) is 0 Å². The highest BCUT2D eigenvalue weighted by Crippen LogP contribution is 2.28. The minimum Gasteiger partial charge on any atom is -0.301 e. The van der Waals surface area contributed by atoms with E-state index in [-0.39, 0.29) is 0 Å². The quantitative estimate of drug-likeness (QED) is 0.591. The summed E-state index contributed by atoms with van der Waals surface area (Å²) in [7, 11) is -3.46. The lowest BCUT2D eigenvalue weighted by Gasteiger charge is -2.22. The first-order valence-electron chi connectivity index (χ1n) is 6.68. The zero-order valence-electron chi connectivity index (χ0n) is 11.4. The number of hydrogen-bond donors (Lipinski definition) is 0. The second-order valence-corrected chi connectivity index (χ2v) is 9.33. The Morgan fingerprint density at radius 3 is 2.57 bits per heavy atom. The Morgan fingerprint density at radius 2 is 1.86 bits per heavy atom. The molecule has 0 N–H and O–H groups in total. The van der Waals surface area contributed by atoms with Crippen LogP contribution in [-0.4, -0.2) is 55.7 Å². The van der Waals surface area contributed by atoms with Crippen LogP contribution in [0.4, 0.5) is 0 Å². The van der Waals surface area contributed by atoms with E-state index < -0.39 is 10.0 Å². The summed E-state index contributed by atoms with van der Waals surface area (Å²) in [5.74, 6) is 0. The normalized spacial score (nSPS) is 18.6. The van der Waals surface area contributed by atoms with Gasteiger partial charge in [0.2, 0.25) is 10.0 Å². The van der Waals surface area contributed by atoms with Crippen molar-refractivity contribution in [2.75, 3.05) is 38.1 Å². The minimum atomic E-state index is -3.46. The Bertz CT molecular complexity index is 595. The van der Waals surface area contributed by atoms with Crippen LogP contribution in [-0.2, 0) is 10.0 Å². The van der Waals surface area contributed by atoms with Crippen LogP contribution in [0.2, 0.25) is 0 Å². The topological polar surface area (TPSA) is 40.6 Å². The SMILES string of the molecule is O=S(=O)(c1cc(Br)ccc1Br)N1CCCN(CCBr)CC1. The second kappa shape index (κ2) is 7.88. The lowest BCUT2D eigenvalue weighted by atomic mass is 10.4. The van der Waals surface area contributed by atoms with Gasteiger partial charge in [-0.25, -0.2) is 8.42 Å². The molecule has 1 aliphatic rings. The number of alkyl halides is 1. The van der Waals surface area contributed by atoms with Crippen LogP contribution in [0, 0.1) is 0 Å². The van der Waals surface area contributed by atoms with Crippen molar-refractivity contribution in [3.63, 3.8) is 0 Å². The Labute approximate surface area is 151 Å². The second-order valence-electron chi connectivity index (χ2n) is 4.86. The van der Waals surface area contributed by atoms with Gasteiger partial charge in [-0.3, -0.25) is 0 Å². The van der Waals surface area contributed by atoms with Crippen molar-refractivity contribution in [2.45, 2.75) is 11.3 Å². The van der Waals surface area contributed by atoms with Gasteiger partial charge in [-0.05, 0) is 47.1 Å². The van der Waals surface area contributed by atoms with E-state index in [0.29, 0.717) is 22.5 Å². The van der Waals surface area contributed by atoms with E-state index in [4.69, 9.17) is 0 Å². The van der Waals surface area contributed by atoms with E-state index >= 15 is 0 Å². The molecule has 8 heteroatoms. The first kappa shape index (κ1) is 17.9. The fraction of sp³-hybridized carbons (Fsp3) is 0.538. The highest BCUT2D eigenvalue weighted by molar-refractivity contribution is 9.11. The van der Waals surface area contributed by atoms with Crippen LogP contribution < -0.4 is 0 Å². The summed E-state index contributed by atoms with van der Waals surface area (Å²) in [4.78, 5) is 2.62. The summed E-state index contributed by atoms with van der Waals surface area (Å²) in [6.45, 7) is 3.77. The van der Waals surface area contributed by atoms with Crippen molar-refractivity contribution < 1.29 is 8.42 Å². The van der Waals surface area contributed by atoms with Crippen molar-refractivity contribution in [1.82, 2.24) is 9.21 Å². The van der Waals surface area contributed by atoms with Gasteiger partial charge in [-0.2, -0.15) is 4.31 Å². The summed E-state index contributed by atoms with van der Waals surface area (Å²) in [6.07, 6.45) is 0.859. The van der Waals surface area contributed by atoms with E-state index in [9.17, 15) is 8.42 Å². The lowest BCUT2D eigenvalue weighted by molar-refractivity contribution is 0.305. The van der Waals surface area contributed by atoms with Gasteiger partial charge < -0.3 is 4.90 Å². The monoisotopic (exact) mass is 502 g/mol. The zero-order valence-corrected chi connectivity index (χ0v) is 17.0. The molecule has 21 heavy (non-hydrogen) atoms. The maximum atomic E-state index is 12.8. The van der Waals surface area contributed by atoms with Crippen molar-refractivity contribution in [1.29, 1.82) is 0 Å². The third kappa shape index (κ3) is 4.51. The van der Waals surface area contributed by atoms with Crippen LogP contribution in [0.5, 0.6) is 0 Å². The molecule has 0 unspecified atom stereocenters. The van der Waals surface area contributed by atoms with Gasteiger partial charge in [0.15, 0.2) is 0 Å². The summed E-state index contributed by atoms with van der Waals surface area (Å²) in [6, 6.07) is 5.23. The smallest absolute Gasteiger partial charge is 0.244 e. The van der Waals surface area contributed by atoms with E-state index in [2.05, 4.69) is 52.7 Å². The molecule has 0 aromatic heterocycles. The molecule has 1 aromatic carbocycles. The molecule has 0 amide bonds. The highest BCUT2D eigenvalue weighted by atomic mass is 79.9. The van der Waals surface area contributed by atoms with Gasteiger partial charge in [0.25, 0.3) is 0 Å². The fourth-order valence-electron chi connectivity index (χ4n) is 2.34. The largest absolute Gasteiger partial charge is 0.301 e. The molecule has 4 nitrogen and oxygen atoms in total. The predicted octanol–water partition coefficient (Wildman–Crippen LogP) is 3.30. The van der Waals surface area contributed by atoms with Crippen LogP contribution in [0.1, 0.15) is 6.42 Å². The van der Waals surface area contributed by atoms with Crippen LogP contribution >= 0.6 is 47.8 Å². The molecule has 1 aliphatic heterocycles. The number of sulfonamides is 1. The average Bonchev–Trinajstić information content (AvgIpc) is 2.68. The Balaban J connectivity index is 2.21. The summed E-state index contributed by atoms with van der Waals surface area (Å²) in [5, 5.41) is 0.914. The molecule has 1 fully saturated rings. The van der Waals surface area contributed by atoms with Gasteiger partial charge in [0.05, 0.1) is 4.90 Å². The van der Waals surface area contributed by atoms with Crippen molar-refractivity contribution in [3.8, 4) is 0 Å². The van der Waals surface area contributed by atoms with Crippen molar-refractivity contribution in [3.05, 3.63) is 27.1 Å². The van der Waals surface area contributed by atoms with Crippen LogP contribution in [0.15, 0.2) is 32.0 Å². The first-order chi connectivity index (χ1) is 9.95. The number of nitrogens with zero attached hydrogens (tertiary/aromatic N) is 2. The van der Waals surface area contributed by atoms with E-state index in [0.717, 1.165) is 35.9 Å². The fourth-order valence-corrected chi connectivity index (χ4v) is 5.78. The van der Waals surface area contributed by atoms with Crippen LogP contribution in [0.25, 0.3) is 0 Å². The highest BCUT2D eigenvalue weighted by Gasteiger charge is 2.28. The van der Waals surface area contributed by atoms with Gasteiger partial charge in [0.1, 0.15) is 0 Å². The number of hydrogen-bond acceptors (Lipinski definition) is 3. The molecule has 0 radical (unpaired) electrons. The summed E-state index contributed by atoms with van der Waals surface area (Å²) in [5.41, 5.74) is 0. The predicted molar refractivity (Wildman–Crippen MR) is 95.5 cm³/mol. The molecule has 118 valence electrons. The summed E-state index contributed by atoms with van der Waals surface area (Å²) < 4.78 is 28.6. The molecular weight excluding hydrogens is 488 g/mol. The maximum absolute atomic E-state index is 12.8. The summed E-state index contributed by atoms with van der Waals surface area (Å²) >= 11 is 10.1. The molecule has 0 aliphatic carbocycles. The molecule has 2 rings (SSSR count). The van der Waals surface area contributed by atoms with Gasteiger partial charge >= 0.3 is 0 Å². The van der Waals surface area contributed by atoms with Gasteiger partial charge in [-0.1, -0.05) is 31.9 Å². The lowest BCUT2D eigenvalue weighted by Crippen LogP contribution is -2.35. The van der Waals surface area contributed by atoms with Crippen molar-refractivity contribution >= 4 is 57.8 Å². The molecule has 1 saturated heterocycles. The van der Waals surface area contributed by atoms with Gasteiger partial charge in [0, 0.05) is 40.5 Å². The number of benzene rings is 1. The minimum absolute atomic E-state index is 0.325. The molecule has 1 heterocycles. The zero-order chi connectivity index (χ0) is 15.5. The Kier molecular flexibility index (Phi) is 6.71. The molecular formula is C13H17Br3N2O2S. The molecule has 0 spiro atoms. The molecule has 0 atom stereocenters. The number of rotatable bonds is 4. The Morgan fingerprint density at radius 1 is 1.10 bits per heavy atom. The van der Waals surface area contributed by atoms with E-state index in [1.54, 1.807) is 16.4 Å². The maximum Gasteiger partial charge on any atom is 0.244 e. The van der Waals surface area contributed by atoms with Crippen LogP contribution in [0.3, 0.4) is 0 Å².